The SMILES string of the molecule is C=C1C(=O)O[C@H]2[C@H]1[C@H](OC(=O)/C(C)=C/C)C[C@@](C)(O)/C=C/CC(=C)[C@@H]2OC(C)=O. The van der Waals surface area contributed by atoms with E-state index in [0.29, 0.717) is 17.6 Å². The van der Waals surface area contributed by atoms with Crippen LogP contribution < -0.4 is 0 Å². The number of carbonyl (C=O) groups is 3. The highest BCUT2D eigenvalue weighted by Crippen LogP contribution is 2.40. The van der Waals surface area contributed by atoms with Crippen LogP contribution in [0.1, 0.15) is 40.5 Å². The van der Waals surface area contributed by atoms with Crippen molar-refractivity contribution in [3.63, 3.8) is 0 Å². The summed E-state index contributed by atoms with van der Waals surface area (Å²) in [6.45, 7) is 13.9. The van der Waals surface area contributed by atoms with Gasteiger partial charge in [0.1, 0.15) is 6.10 Å². The summed E-state index contributed by atoms with van der Waals surface area (Å²) in [5.41, 5.74) is -0.358. The van der Waals surface area contributed by atoms with Crippen LogP contribution in [0.25, 0.3) is 0 Å². The Kier molecular flexibility index (Phi) is 6.85. The maximum atomic E-state index is 12.5. The summed E-state index contributed by atoms with van der Waals surface area (Å²) in [4.78, 5) is 36.5. The fraction of sp³-hybridized carbons (Fsp3) is 0.500. The number of carbonyl (C=O) groups excluding carboxylic acids is 3. The summed E-state index contributed by atoms with van der Waals surface area (Å²) in [6.07, 6.45) is 2.35. The average Bonchev–Trinajstić information content (AvgIpc) is 2.91. The van der Waals surface area contributed by atoms with Gasteiger partial charge < -0.3 is 19.3 Å². The monoisotopic (exact) mass is 404 g/mol. The van der Waals surface area contributed by atoms with E-state index in [2.05, 4.69) is 13.2 Å². The standard InChI is InChI=1S/C22H28O7/c1-7-12(2)20(24)28-16-11-22(6,26)10-8-9-13(3)18(27-15(5)23)19-17(16)14(4)21(25)29-19/h7-8,10,16-19,26H,3-4,9,11H2,1-2,5-6H3/b10-8+,12-7+/t16-,17-,18+,19+,22+/m1/s1. The predicted molar refractivity (Wildman–Crippen MR) is 106 cm³/mol. The van der Waals surface area contributed by atoms with Gasteiger partial charge in [-0.05, 0) is 32.8 Å². The second-order valence-electron chi connectivity index (χ2n) is 7.69. The summed E-state index contributed by atoms with van der Waals surface area (Å²) in [5.74, 6) is -2.62. The van der Waals surface area contributed by atoms with Gasteiger partial charge in [0.05, 0.1) is 11.5 Å². The summed E-state index contributed by atoms with van der Waals surface area (Å²) >= 11 is 0. The highest BCUT2D eigenvalue weighted by Gasteiger charge is 2.51. The van der Waals surface area contributed by atoms with Gasteiger partial charge in [-0.1, -0.05) is 31.4 Å². The normalized spacial score (nSPS) is 34.1. The fourth-order valence-electron chi connectivity index (χ4n) is 3.50. The van der Waals surface area contributed by atoms with Gasteiger partial charge in [0.2, 0.25) is 0 Å². The van der Waals surface area contributed by atoms with Gasteiger partial charge in [-0.25, -0.2) is 9.59 Å². The van der Waals surface area contributed by atoms with E-state index in [-0.39, 0.29) is 12.0 Å². The zero-order chi connectivity index (χ0) is 21.9. The molecule has 1 N–H and O–H groups in total. The molecule has 0 aromatic rings. The molecule has 0 bridgehead atoms. The number of allylic oxidation sites excluding steroid dienone is 2. The zero-order valence-electron chi connectivity index (χ0n) is 17.3. The molecule has 1 aliphatic heterocycles. The van der Waals surface area contributed by atoms with Crippen molar-refractivity contribution in [2.24, 2.45) is 5.92 Å². The van der Waals surface area contributed by atoms with Gasteiger partial charge in [-0.2, -0.15) is 0 Å². The summed E-state index contributed by atoms with van der Waals surface area (Å²) in [6, 6.07) is 0. The topological polar surface area (TPSA) is 99.1 Å². The summed E-state index contributed by atoms with van der Waals surface area (Å²) < 4.78 is 16.6. The van der Waals surface area contributed by atoms with E-state index < -0.39 is 47.7 Å². The van der Waals surface area contributed by atoms with E-state index in [9.17, 15) is 19.5 Å². The van der Waals surface area contributed by atoms with Crippen molar-refractivity contribution in [2.45, 2.75) is 64.4 Å². The summed E-state index contributed by atoms with van der Waals surface area (Å²) in [5, 5.41) is 10.8. The minimum absolute atomic E-state index is 0.00231. The lowest BCUT2D eigenvalue weighted by molar-refractivity contribution is -0.163. The van der Waals surface area contributed by atoms with Crippen molar-refractivity contribution in [3.8, 4) is 0 Å². The first-order valence-corrected chi connectivity index (χ1v) is 9.45. The van der Waals surface area contributed by atoms with Crippen LogP contribution in [0.4, 0.5) is 0 Å². The lowest BCUT2D eigenvalue weighted by Gasteiger charge is -2.35. The Morgan fingerprint density at radius 3 is 2.55 bits per heavy atom. The molecular weight excluding hydrogens is 376 g/mol. The molecule has 0 saturated carbocycles. The molecule has 1 fully saturated rings. The van der Waals surface area contributed by atoms with Gasteiger partial charge in [-0.15, -0.1) is 0 Å². The first-order valence-electron chi connectivity index (χ1n) is 9.45. The van der Waals surface area contributed by atoms with Gasteiger partial charge in [-0.3, -0.25) is 4.79 Å². The van der Waals surface area contributed by atoms with Crippen LogP contribution in [0.3, 0.4) is 0 Å². The van der Waals surface area contributed by atoms with E-state index in [1.54, 1.807) is 39.0 Å². The Morgan fingerprint density at radius 2 is 1.97 bits per heavy atom. The Hall–Kier alpha value is -2.67. The number of rotatable bonds is 3. The smallest absolute Gasteiger partial charge is 0.334 e. The molecule has 29 heavy (non-hydrogen) atoms. The Labute approximate surface area is 170 Å². The number of fused-ring (bicyclic) bond motifs is 1. The lowest BCUT2D eigenvalue weighted by Crippen LogP contribution is -2.45. The van der Waals surface area contributed by atoms with E-state index >= 15 is 0 Å². The maximum Gasteiger partial charge on any atom is 0.334 e. The molecule has 7 heteroatoms. The van der Waals surface area contributed by atoms with Gasteiger partial charge in [0.15, 0.2) is 12.2 Å². The van der Waals surface area contributed by atoms with Crippen molar-refractivity contribution in [1.82, 2.24) is 0 Å². The highest BCUT2D eigenvalue weighted by molar-refractivity contribution is 5.92. The fourth-order valence-corrected chi connectivity index (χ4v) is 3.50. The molecule has 0 aromatic carbocycles. The molecule has 0 aromatic heterocycles. The van der Waals surface area contributed by atoms with Crippen LogP contribution in [-0.4, -0.2) is 46.9 Å². The number of hydrogen-bond donors (Lipinski definition) is 1. The molecule has 0 radical (unpaired) electrons. The largest absolute Gasteiger partial charge is 0.458 e. The quantitative estimate of drug-likeness (QED) is 0.334. The third-order valence-corrected chi connectivity index (χ3v) is 5.14. The Bertz CT molecular complexity index is 787. The van der Waals surface area contributed by atoms with Crippen molar-refractivity contribution in [2.75, 3.05) is 0 Å². The van der Waals surface area contributed by atoms with E-state index in [0.717, 1.165) is 0 Å². The number of aliphatic hydroxyl groups is 1. The first-order chi connectivity index (χ1) is 13.5. The number of esters is 3. The molecule has 5 atom stereocenters. The molecule has 0 unspecified atom stereocenters. The third kappa shape index (κ3) is 5.23. The number of ether oxygens (including phenoxy) is 3. The molecule has 1 aliphatic carbocycles. The minimum atomic E-state index is -1.32. The molecule has 2 aliphatic rings. The van der Waals surface area contributed by atoms with E-state index in [1.165, 1.54) is 6.92 Å². The summed E-state index contributed by atoms with van der Waals surface area (Å²) in [7, 11) is 0. The molecular formula is C22H28O7. The van der Waals surface area contributed by atoms with Crippen LogP contribution in [0, 0.1) is 5.92 Å². The molecule has 158 valence electrons. The van der Waals surface area contributed by atoms with E-state index in [4.69, 9.17) is 14.2 Å². The minimum Gasteiger partial charge on any atom is -0.458 e. The number of hydrogen-bond acceptors (Lipinski definition) is 7. The molecule has 1 heterocycles. The first kappa shape index (κ1) is 22.6. The van der Waals surface area contributed by atoms with Crippen LogP contribution in [0.5, 0.6) is 0 Å². The van der Waals surface area contributed by atoms with Gasteiger partial charge in [0, 0.05) is 24.5 Å². The average molecular weight is 404 g/mol. The molecule has 7 nitrogen and oxygen atoms in total. The Morgan fingerprint density at radius 1 is 1.31 bits per heavy atom. The van der Waals surface area contributed by atoms with Crippen LogP contribution in [0.2, 0.25) is 0 Å². The maximum absolute atomic E-state index is 12.5. The Balaban J connectivity index is 2.55. The van der Waals surface area contributed by atoms with Crippen molar-refractivity contribution in [3.05, 3.63) is 48.1 Å². The van der Waals surface area contributed by atoms with Crippen molar-refractivity contribution < 1.29 is 33.7 Å². The zero-order valence-corrected chi connectivity index (χ0v) is 17.3. The second-order valence-corrected chi connectivity index (χ2v) is 7.69. The van der Waals surface area contributed by atoms with Crippen LogP contribution in [-0.2, 0) is 28.6 Å². The van der Waals surface area contributed by atoms with Crippen molar-refractivity contribution in [1.29, 1.82) is 0 Å². The molecule has 1 saturated heterocycles. The highest BCUT2D eigenvalue weighted by atomic mass is 16.6. The van der Waals surface area contributed by atoms with Gasteiger partial charge >= 0.3 is 17.9 Å². The second kappa shape index (κ2) is 8.78. The lowest BCUT2D eigenvalue weighted by atomic mass is 9.80. The van der Waals surface area contributed by atoms with Gasteiger partial charge in [0.25, 0.3) is 0 Å². The van der Waals surface area contributed by atoms with Crippen LogP contribution in [0.15, 0.2) is 48.1 Å². The van der Waals surface area contributed by atoms with E-state index in [1.807, 2.05) is 0 Å². The molecule has 0 spiro atoms. The predicted octanol–water partition coefficient (Wildman–Crippen LogP) is 2.55. The van der Waals surface area contributed by atoms with Crippen LogP contribution >= 0.6 is 0 Å². The molecule has 0 amide bonds. The molecule has 2 rings (SSSR count). The third-order valence-electron chi connectivity index (χ3n) is 5.14. The van der Waals surface area contributed by atoms with Crippen molar-refractivity contribution >= 4 is 17.9 Å².